The molecular weight excluding hydrogens is 394 g/mol. The van der Waals surface area contributed by atoms with Gasteiger partial charge in [-0.3, -0.25) is 4.99 Å². The largest absolute Gasteiger partial charge is 0.493 e. The maximum atomic E-state index is 12.3. The molecule has 146 valence electrons. The van der Waals surface area contributed by atoms with Gasteiger partial charge in [0.25, 0.3) is 0 Å². The van der Waals surface area contributed by atoms with Crippen LogP contribution in [0.2, 0.25) is 5.02 Å². The van der Waals surface area contributed by atoms with Gasteiger partial charge in [0.1, 0.15) is 0 Å². The van der Waals surface area contributed by atoms with Crippen LogP contribution in [-0.2, 0) is 0 Å². The average Bonchev–Trinajstić information content (AvgIpc) is 2.73. The molecule has 0 unspecified atom stereocenters. The van der Waals surface area contributed by atoms with E-state index in [1.54, 1.807) is 60.8 Å². The number of aliphatic imine (C=N–C) groups is 1. The van der Waals surface area contributed by atoms with Gasteiger partial charge < -0.3 is 14.6 Å². The Morgan fingerprint density at radius 2 is 1.59 bits per heavy atom. The lowest BCUT2D eigenvalue weighted by atomic mass is 10.2. The molecule has 0 aliphatic heterocycles. The van der Waals surface area contributed by atoms with Crippen LogP contribution in [0.3, 0.4) is 0 Å². The molecule has 1 N–H and O–H groups in total. The standard InChI is InChI=1S/C22H16ClNO5/c1-28-20-12-14(13-24-18-9-5-15(6-10-18)21(25)26)2-11-19(20)29-22(27)16-3-7-17(23)8-4-16/h2-13H,1H3,(H,25,26). The lowest BCUT2D eigenvalue weighted by Gasteiger charge is -2.10. The van der Waals surface area contributed by atoms with Gasteiger partial charge in [-0.1, -0.05) is 11.6 Å². The van der Waals surface area contributed by atoms with Crippen molar-refractivity contribution in [1.29, 1.82) is 0 Å². The van der Waals surface area contributed by atoms with Gasteiger partial charge >= 0.3 is 11.9 Å². The van der Waals surface area contributed by atoms with Crippen LogP contribution in [-0.4, -0.2) is 30.4 Å². The Balaban J connectivity index is 1.75. The first-order chi connectivity index (χ1) is 14.0. The quantitative estimate of drug-likeness (QED) is 0.351. The molecule has 3 rings (SSSR count). The van der Waals surface area contributed by atoms with Crippen LogP contribution in [0.15, 0.2) is 71.7 Å². The topological polar surface area (TPSA) is 85.2 Å². The first kappa shape index (κ1) is 20.1. The molecule has 0 bridgehead atoms. The Morgan fingerprint density at radius 3 is 2.21 bits per heavy atom. The summed E-state index contributed by atoms with van der Waals surface area (Å²) < 4.78 is 10.7. The maximum absolute atomic E-state index is 12.3. The first-order valence-corrected chi connectivity index (χ1v) is 8.87. The third-order valence-corrected chi connectivity index (χ3v) is 4.20. The molecule has 0 fully saturated rings. The van der Waals surface area contributed by atoms with Crippen LogP contribution >= 0.6 is 11.6 Å². The van der Waals surface area contributed by atoms with Crippen LogP contribution in [0, 0.1) is 0 Å². The van der Waals surface area contributed by atoms with Crippen LogP contribution in [0.5, 0.6) is 11.5 Å². The van der Waals surface area contributed by atoms with Crippen LogP contribution in [0.1, 0.15) is 26.3 Å². The number of esters is 1. The lowest BCUT2D eigenvalue weighted by Crippen LogP contribution is -2.09. The molecule has 0 spiro atoms. The molecule has 0 atom stereocenters. The zero-order chi connectivity index (χ0) is 20.8. The fraction of sp³-hybridized carbons (Fsp3) is 0.0455. The van der Waals surface area contributed by atoms with E-state index in [4.69, 9.17) is 26.2 Å². The normalized spacial score (nSPS) is 10.7. The van der Waals surface area contributed by atoms with Crippen LogP contribution in [0.4, 0.5) is 5.69 Å². The molecule has 0 amide bonds. The van der Waals surface area contributed by atoms with Crippen molar-refractivity contribution in [2.24, 2.45) is 4.99 Å². The summed E-state index contributed by atoms with van der Waals surface area (Å²) in [5.74, 6) is -0.873. The fourth-order valence-electron chi connectivity index (χ4n) is 2.43. The Hall–Kier alpha value is -3.64. The number of carbonyl (C=O) groups is 2. The number of ether oxygens (including phenoxy) is 2. The molecule has 0 radical (unpaired) electrons. The number of aromatic carboxylic acids is 1. The lowest BCUT2D eigenvalue weighted by molar-refractivity contribution is 0.0694. The number of carboxylic acids is 1. The van der Waals surface area contributed by atoms with Crippen molar-refractivity contribution >= 4 is 35.4 Å². The molecule has 6 nitrogen and oxygen atoms in total. The molecule has 3 aromatic carbocycles. The molecule has 0 saturated heterocycles. The Bertz CT molecular complexity index is 1060. The minimum absolute atomic E-state index is 0.192. The van der Waals surface area contributed by atoms with E-state index >= 15 is 0 Å². The molecule has 7 heteroatoms. The molecule has 0 heterocycles. The number of carbonyl (C=O) groups excluding carboxylic acids is 1. The number of benzene rings is 3. The van der Waals surface area contributed by atoms with E-state index in [1.807, 2.05) is 0 Å². The molecule has 0 aliphatic rings. The number of hydrogen-bond donors (Lipinski definition) is 1. The smallest absolute Gasteiger partial charge is 0.343 e. The van der Waals surface area contributed by atoms with Gasteiger partial charge in [0.05, 0.1) is 23.9 Å². The summed E-state index contributed by atoms with van der Waals surface area (Å²) >= 11 is 5.83. The van der Waals surface area contributed by atoms with Crippen LogP contribution < -0.4 is 9.47 Å². The van der Waals surface area contributed by atoms with Gasteiger partial charge in [-0.2, -0.15) is 0 Å². The SMILES string of the molecule is COc1cc(C=Nc2ccc(C(=O)O)cc2)ccc1OC(=O)c1ccc(Cl)cc1. The van der Waals surface area contributed by atoms with Crippen molar-refractivity contribution in [2.45, 2.75) is 0 Å². The Labute approximate surface area is 172 Å². The Kier molecular flexibility index (Phi) is 6.26. The van der Waals surface area contributed by atoms with E-state index in [9.17, 15) is 9.59 Å². The summed E-state index contributed by atoms with van der Waals surface area (Å²) in [6, 6.07) is 17.6. The van der Waals surface area contributed by atoms with E-state index in [1.165, 1.54) is 19.2 Å². The Morgan fingerprint density at radius 1 is 0.931 bits per heavy atom. The van der Waals surface area contributed by atoms with Crippen molar-refractivity contribution in [3.8, 4) is 11.5 Å². The molecule has 3 aromatic rings. The van der Waals surface area contributed by atoms with E-state index < -0.39 is 11.9 Å². The monoisotopic (exact) mass is 409 g/mol. The molecule has 0 aliphatic carbocycles. The van der Waals surface area contributed by atoms with E-state index in [-0.39, 0.29) is 11.3 Å². The van der Waals surface area contributed by atoms with Crippen molar-refractivity contribution < 1.29 is 24.2 Å². The molecule has 0 aromatic heterocycles. The van der Waals surface area contributed by atoms with Gasteiger partial charge in [0.15, 0.2) is 11.5 Å². The van der Waals surface area contributed by atoms with Gasteiger partial charge in [0.2, 0.25) is 0 Å². The van der Waals surface area contributed by atoms with E-state index in [0.717, 1.165) is 5.56 Å². The minimum Gasteiger partial charge on any atom is -0.493 e. The van der Waals surface area contributed by atoms with E-state index in [0.29, 0.717) is 22.0 Å². The van der Waals surface area contributed by atoms with Crippen molar-refractivity contribution in [3.05, 3.63) is 88.4 Å². The van der Waals surface area contributed by atoms with Gasteiger partial charge in [-0.05, 0) is 72.3 Å². The summed E-state index contributed by atoms with van der Waals surface area (Å²) in [4.78, 5) is 27.5. The molecule has 0 saturated carbocycles. The average molecular weight is 410 g/mol. The summed E-state index contributed by atoms with van der Waals surface area (Å²) in [6.07, 6.45) is 1.60. The zero-order valence-electron chi connectivity index (χ0n) is 15.3. The van der Waals surface area contributed by atoms with Crippen molar-refractivity contribution in [3.63, 3.8) is 0 Å². The van der Waals surface area contributed by atoms with Crippen molar-refractivity contribution in [1.82, 2.24) is 0 Å². The highest BCUT2D eigenvalue weighted by atomic mass is 35.5. The summed E-state index contributed by atoms with van der Waals surface area (Å²) in [5, 5.41) is 9.45. The number of hydrogen-bond acceptors (Lipinski definition) is 5. The van der Waals surface area contributed by atoms with Crippen molar-refractivity contribution in [2.75, 3.05) is 7.11 Å². The molecular formula is C22H16ClNO5. The summed E-state index contributed by atoms with van der Waals surface area (Å²) in [6.45, 7) is 0. The first-order valence-electron chi connectivity index (χ1n) is 8.49. The number of rotatable bonds is 6. The van der Waals surface area contributed by atoms with Gasteiger partial charge in [-0.25, -0.2) is 9.59 Å². The zero-order valence-corrected chi connectivity index (χ0v) is 16.1. The highest BCUT2D eigenvalue weighted by Crippen LogP contribution is 2.29. The molecule has 29 heavy (non-hydrogen) atoms. The second-order valence-corrected chi connectivity index (χ2v) is 6.35. The highest BCUT2D eigenvalue weighted by molar-refractivity contribution is 6.30. The number of methoxy groups -OCH3 is 1. The van der Waals surface area contributed by atoms with E-state index in [2.05, 4.69) is 4.99 Å². The van der Waals surface area contributed by atoms with Crippen LogP contribution in [0.25, 0.3) is 0 Å². The summed E-state index contributed by atoms with van der Waals surface area (Å²) in [7, 11) is 1.47. The summed E-state index contributed by atoms with van der Waals surface area (Å²) in [5.41, 5.74) is 1.88. The van der Waals surface area contributed by atoms with Gasteiger partial charge in [-0.15, -0.1) is 0 Å². The highest BCUT2D eigenvalue weighted by Gasteiger charge is 2.13. The number of nitrogens with zero attached hydrogens (tertiary/aromatic N) is 1. The minimum atomic E-state index is -0.992. The third kappa shape index (κ3) is 5.21. The second-order valence-electron chi connectivity index (χ2n) is 5.92. The maximum Gasteiger partial charge on any atom is 0.343 e. The fourth-order valence-corrected chi connectivity index (χ4v) is 2.56. The predicted molar refractivity (Wildman–Crippen MR) is 110 cm³/mol. The number of carboxylic acid groups (broad SMARTS) is 1. The van der Waals surface area contributed by atoms with Gasteiger partial charge in [0, 0.05) is 11.2 Å². The second kappa shape index (κ2) is 9.03. The predicted octanol–water partition coefficient (Wildman–Crippen LogP) is 5.02. The third-order valence-electron chi connectivity index (χ3n) is 3.95. The number of halogens is 1.